The van der Waals surface area contributed by atoms with E-state index < -0.39 is 0 Å². The van der Waals surface area contributed by atoms with Gasteiger partial charge < -0.3 is 18.6 Å². The zero-order valence-electron chi connectivity index (χ0n) is 42.9. The third kappa shape index (κ3) is 8.07. The van der Waals surface area contributed by atoms with Crippen molar-refractivity contribution in [1.82, 2.24) is 0 Å². The average Bonchev–Trinajstić information content (AvgIpc) is 3.87. The van der Waals surface area contributed by atoms with Crippen molar-refractivity contribution in [2.75, 3.05) is 9.80 Å². The zero-order chi connectivity index (χ0) is 49.1. The molecule has 11 rings (SSSR count). The monoisotopic (exact) mass is 916 g/mol. The summed E-state index contributed by atoms with van der Waals surface area (Å²) >= 11 is 0. The van der Waals surface area contributed by atoms with Gasteiger partial charge in [0.05, 0.1) is 0 Å². The van der Waals surface area contributed by atoms with Crippen LogP contribution in [0.2, 0.25) is 0 Å². The molecule has 9 aromatic carbocycles. The largest absolute Gasteiger partial charge is 0.452 e. The fourth-order valence-corrected chi connectivity index (χ4v) is 10.1. The van der Waals surface area contributed by atoms with Crippen LogP contribution in [0.1, 0.15) is 105 Å². The lowest BCUT2D eigenvalue weighted by Crippen LogP contribution is -2.14. The highest BCUT2D eigenvalue weighted by Crippen LogP contribution is 2.44. The molecule has 0 fully saturated rings. The number of benzene rings is 9. The first-order chi connectivity index (χ1) is 33.2. The van der Waals surface area contributed by atoms with E-state index in [4.69, 9.17) is 8.83 Å². The molecule has 350 valence electrons. The second-order valence-corrected chi connectivity index (χ2v) is 23.6. The first-order valence-corrected chi connectivity index (χ1v) is 24.9. The molecular weight excluding hydrogens is 853 g/mol. The Morgan fingerprint density at radius 3 is 0.800 bits per heavy atom. The molecule has 0 atom stereocenters. The Morgan fingerprint density at radius 1 is 0.257 bits per heavy atom. The number of hydrogen-bond donors (Lipinski definition) is 0. The first-order valence-electron chi connectivity index (χ1n) is 24.9. The molecule has 11 aromatic rings. The molecule has 2 aromatic heterocycles. The lowest BCUT2D eigenvalue weighted by Gasteiger charge is -2.28. The summed E-state index contributed by atoms with van der Waals surface area (Å²) in [6.07, 6.45) is 0. The Hall–Kier alpha value is -7.30. The summed E-state index contributed by atoms with van der Waals surface area (Å²) in [5.41, 5.74) is 15.3. The van der Waals surface area contributed by atoms with Crippen molar-refractivity contribution in [3.8, 4) is 0 Å². The molecule has 0 N–H and O–H groups in total. The van der Waals surface area contributed by atoms with Gasteiger partial charge >= 0.3 is 0 Å². The van der Waals surface area contributed by atoms with Gasteiger partial charge in [0.15, 0.2) is 11.2 Å². The van der Waals surface area contributed by atoms with Crippen molar-refractivity contribution in [3.63, 3.8) is 0 Å². The van der Waals surface area contributed by atoms with Crippen molar-refractivity contribution >= 4 is 99.5 Å². The van der Waals surface area contributed by atoms with E-state index in [0.29, 0.717) is 0 Å². The van der Waals surface area contributed by atoms with Crippen LogP contribution in [-0.4, -0.2) is 0 Å². The molecule has 0 aliphatic carbocycles. The van der Waals surface area contributed by atoms with Gasteiger partial charge in [0.2, 0.25) is 0 Å². The van der Waals surface area contributed by atoms with Gasteiger partial charge in [0.25, 0.3) is 0 Å². The minimum absolute atomic E-state index is 0.0630. The summed E-state index contributed by atoms with van der Waals surface area (Å²) in [4.78, 5) is 4.72. The van der Waals surface area contributed by atoms with Gasteiger partial charge in [0, 0.05) is 55.7 Å². The topological polar surface area (TPSA) is 32.8 Å². The van der Waals surface area contributed by atoms with Gasteiger partial charge in [-0.05, 0) is 175 Å². The van der Waals surface area contributed by atoms with Gasteiger partial charge in [-0.25, -0.2) is 0 Å². The molecule has 0 aliphatic rings. The maximum Gasteiger partial charge on any atom is 0.178 e. The highest BCUT2D eigenvalue weighted by atomic mass is 16.4. The van der Waals surface area contributed by atoms with Gasteiger partial charge in [-0.3, -0.25) is 0 Å². The molecule has 70 heavy (non-hydrogen) atoms. The fourth-order valence-electron chi connectivity index (χ4n) is 10.1. The lowest BCUT2D eigenvalue weighted by atomic mass is 9.86. The molecule has 4 heteroatoms. The standard InChI is InChI=1S/C66H64N2O2/c1-63(2,3)45-15-25-49(26-16-45)67(50-27-17-46(18-28-50)64(4,5)6)53-23-13-41-37-57-55-33-34-56-58-38-42-14-24-54(36-44(42)40-60(58)70-62(56)61(55)69-59(57)39-43(41)35-53)68(51-29-19-47(20-30-51)65(7,8)9)52-31-21-48(22-32-52)66(10,11)12/h13-40H,1-12H3. The predicted octanol–water partition coefficient (Wildman–Crippen LogP) is 19.9. The molecular formula is C66H64N2O2. The van der Waals surface area contributed by atoms with Crippen LogP contribution in [0.15, 0.2) is 179 Å². The molecule has 0 spiro atoms. The fraction of sp³-hybridized carbons (Fsp3) is 0.242. The summed E-state index contributed by atoms with van der Waals surface area (Å²) in [6.45, 7) is 27.2. The lowest BCUT2D eigenvalue weighted by molar-refractivity contribution is 0.590. The minimum Gasteiger partial charge on any atom is -0.452 e. The van der Waals surface area contributed by atoms with Crippen LogP contribution in [0, 0.1) is 0 Å². The van der Waals surface area contributed by atoms with Crippen LogP contribution >= 0.6 is 0 Å². The number of nitrogens with zero attached hydrogens (tertiary/aromatic N) is 2. The van der Waals surface area contributed by atoms with E-state index in [9.17, 15) is 0 Å². The third-order valence-corrected chi connectivity index (χ3v) is 14.4. The quantitative estimate of drug-likeness (QED) is 0.166. The summed E-state index contributed by atoms with van der Waals surface area (Å²) in [5.74, 6) is 0. The number of furan rings is 2. The molecule has 0 saturated heterocycles. The van der Waals surface area contributed by atoms with E-state index in [2.05, 4.69) is 263 Å². The average molecular weight is 917 g/mol. The third-order valence-electron chi connectivity index (χ3n) is 14.4. The number of anilines is 6. The van der Waals surface area contributed by atoms with Crippen molar-refractivity contribution in [2.45, 2.75) is 105 Å². The van der Waals surface area contributed by atoms with Crippen LogP contribution in [-0.2, 0) is 21.7 Å². The molecule has 2 heterocycles. The van der Waals surface area contributed by atoms with Crippen molar-refractivity contribution < 1.29 is 8.83 Å². The smallest absolute Gasteiger partial charge is 0.178 e. The molecule has 0 saturated carbocycles. The number of rotatable bonds is 6. The van der Waals surface area contributed by atoms with E-state index in [1.165, 1.54) is 22.3 Å². The Kier molecular flexibility index (Phi) is 10.4. The molecule has 0 unspecified atom stereocenters. The molecule has 0 aliphatic heterocycles. The van der Waals surface area contributed by atoms with Crippen LogP contribution < -0.4 is 9.80 Å². The van der Waals surface area contributed by atoms with Crippen molar-refractivity contribution in [2.24, 2.45) is 0 Å². The molecule has 0 bridgehead atoms. The summed E-state index contributed by atoms with van der Waals surface area (Å²) in [5, 5.41) is 8.77. The molecule has 0 radical (unpaired) electrons. The van der Waals surface area contributed by atoms with E-state index in [1.807, 2.05) is 0 Å². The first kappa shape index (κ1) is 45.2. The number of hydrogen-bond acceptors (Lipinski definition) is 4. The minimum atomic E-state index is 0.0630. The van der Waals surface area contributed by atoms with Crippen molar-refractivity contribution in [1.29, 1.82) is 0 Å². The Morgan fingerprint density at radius 2 is 0.529 bits per heavy atom. The molecule has 0 amide bonds. The second-order valence-electron chi connectivity index (χ2n) is 23.6. The van der Waals surface area contributed by atoms with Gasteiger partial charge in [-0.15, -0.1) is 0 Å². The predicted molar refractivity (Wildman–Crippen MR) is 300 cm³/mol. The summed E-state index contributed by atoms with van der Waals surface area (Å²) in [7, 11) is 0. The van der Waals surface area contributed by atoms with Crippen molar-refractivity contribution in [3.05, 3.63) is 192 Å². The second kappa shape index (κ2) is 16.1. The van der Waals surface area contributed by atoms with Gasteiger partial charge in [-0.2, -0.15) is 0 Å². The maximum atomic E-state index is 6.85. The Balaban J connectivity index is 0.994. The van der Waals surface area contributed by atoms with Gasteiger partial charge in [0.1, 0.15) is 11.2 Å². The van der Waals surface area contributed by atoms with Gasteiger partial charge in [-0.1, -0.05) is 144 Å². The van der Waals surface area contributed by atoms with Crippen LogP contribution in [0.3, 0.4) is 0 Å². The number of fused-ring (bicyclic) bond motifs is 9. The van der Waals surface area contributed by atoms with E-state index >= 15 is 0 Å². The Labute approximate surface area is 413 Å². The highest BCUT2D eigenvalue weighted by Gasteiger charge is 2.23. The molecule has 4 nitrogen and oxygen atoms in total. The SMILES string of the molecule is CC(C)(C)c1ccc(N(c2ccc(C(C)(C)C)cc2)c2ccc3cc4c(cc3c2)oc2c4ccc3c4cc5ccc(N(c6ccc(C(C)(C)C)cc6)c6ccc(C(C)(C)C)cc6)cc5cc4oc32)cc1. The summed E-state index contributed by atoms with van der Waals surface area (Å²) < 4.78 is 13.7. The van der Waals surface area contributed by atoms with Crippen LogP contribution in [0.4, 0.5) is 34.1 Å². The maximum absolute atomic E-state index is 6.85. The van der Waals surface area contributed by atoms with E-state index in [1.54, 1.807) is 0 Å². The van der Waals surface area contributed by atoms with Crippen LogP contribution in [0.25, 0.3) is 65.4 Å². The van der Waals surface area contributed by atoms with E-state index in [0.717, 1.165) is 99.5 Å². The normalized spacial score (nSPS) is 12.9. The Bertz CT molecular complexity index is 3400. The van der Waals surface area contributed by atoms with Crippen LogP contribution in [0.5, 0.6) is 0 Å². The summed E-state index contributed by atoms with van der Waals surface area (Å²) in [6, 6.07) is 63.0. The highest BCUT2D eigenvalue weighted by molar-refractivity contribution is 6.21. The van der Waals surface area contributed by atoms with E-state index in [-0.39, 0.29) is 21.7 Å². The zero-order valence-corrected chi connectivity index (χ0v) is 42.9.